The van der Waals surface area contributed by atoms with Crippen LogP contribution in [0.25, 0.3) is 0 Å². The number of carbonyl (C=O) groups excluding carboxylic acids is 2. The molecule has 1 N–H and O–H groups in total. The van der Waals surface area contributed by atoms with Crippen LogP contribution in [0.15, 0.2) is 0 Å². The highest BCUT2D eigenvalue weighted by Gasteiger charge is 2.20. The number of unbranched alkanes of at least 4 members (excludes halogenated alkanes) is 16. The van der Waals surface area contributed by atoms with Gasteiger partial charge in [-0.2, -0.15) is 0 Å². The topological polar surface area (TPSA) is 64.6 Å². The van der Waals surface area contributed by atoms with Gasteiger partial charge in [0.1, 0.15) is 13.2 Å². The molecule has 0 heterocycles. The SMILES string of the molecule is CCCCCCCCC(CCCCCC)C(=O)OCCNCCOC(=O)C(CCCCCC)CCCCCCCC. The average molecular weight is 582 g/mol. The van der Waals surface area contributed by atoms with Crippen molar-refractivity contribution in [1.29, 1.82) is 0 Å². The zero-order chi connectivity index (χ0) is 30.2. The number of nitrogens with one attached hydrogen (secondary N) is 1. The van der Waals surface area contributed by atoms with Crippen molar-refractivity contribution in [1.82, 2.24) is 5.32 Å². The van der Waals surface area contributed by atoms with E-state index in [2.05, 4.69) is 33.0 Å². The standard InChI is InChI=1S/C36H71NO4/c1-5-9-13-17-19-23-27-33(25-21-15-11-7-3)35(38)40-31-29-37-30-32-41-36(39)34(26-22-16-12-8-4)28-24-20-18-14-10-6-2/h33-34,37H,5-32H2,1-4H3. The predicted molar refractivity (Wildman–Crippen MR) is 175 cm³/mol. The van der Waals surface area contributed by atoms with E-state index < -0.39 is 0 Å². The predicted octanol–water partition coefficient (Wildman–Crippen LogP) is 10.3. The Bertz CT molecular complexity index is 520. The summed E-state index contributed by atoms with van der Waals surface area (Å²) in [7, 11) is 0. The highest BCUT2D eigenvalue weighted by Crippen LogP contribution is 2.21. The van der Waals surface area contributed by atoms with Crippen molar-refractivity contribution < 1.29 is 19.1 Å². The van der Waals surface area contributed by atoms with Gasteiger partial charge in [0.2, 0.25) is 0 Å². The van der Waals surface area contributed by atoms with E-state index in [4.69, 9.17) is 9.47 Å². The molecule has 0 aromatic rings. The van der Waals surface area contributed by atoms with E-state index in [1.807, 2.05) is 0 Å². The molecule has 5 nitrogen and oxygen atoms in total. The molecule has 2 atom stereocenters. The van der Waals surface area contributed by atoms with E-state index in [-0.39, 0.29) is 23.8 Å². The fourth-order valence-electron chi connectivity index (χ4n) is 5.55. The third-order valence-electron chi connectivity index (χ3n) is 8.34. The minimum atomic E-state index is -0.0242. The maximum atomic E-state index is 12.8. The molecule has 0 bridgehead atoms. The van der Waals surface area contributed by atoms with Crippen molar-refractivity contribution in [3.8, 4) is 0 Å². The third kappa shape index (κ3) is 26.3. The van der Waals surface area contributed by atoms with Crippen LogP contribution in [-0.4, -0.2) is 38.2 Å². The van der Waals surface area contributed by atoms with Gasteiger partial charge in [-0.3, -0.25) is 9.59 Å². The number of hydrogen-bond donors (Lipinski definition) is 1. The van der Waals surface area contributed by atoms with Gasteiger partial charge in [0.15, 0.2) is 0 Å². The number of hydrogen-bond acceptors (Lipinski definition) is 5. The highest BCUT2D eigenvalue weighted by atomic mass is 16.5. The van der Waals surface area contributed by atoms with Crippen molar-refractivity contribution in [2.45, 2.75) is 182 Å². The van der Waals surface area contributed by atoms with Crippen molar-refractivity contribution in [3.63, 3.8) is 0 Å². The van der Waals surface area contributed by atoms with Gasteiger partial charge in [-0.15, -0.1) is 0 Å². The van der Waals surface area contributed by atoms with Gasteiger partial charge >= 0.3 is 11.9 Å². The van der Waals surface area contributed by atoms with Gasteiger partial charge in [0.25, 0.3) is 0 Å². The van der Waals surface area contributed by atoms with E-state index in [0.29, 0.717) is 26.3 Å². The van der Waals surface area contributed by atoms with Crippen LogP contribution < -0.4 is 5.32 Å². The normalized spacial score (nSPS) is 12.8. The van der Waals surface area contributed by atoms with Crippen LogP contribution in [0, 0.1) is 11.8 Å². The van der Waals surface area contributed by atoms with E-state index in [0.717, 1.165) is 51.4 Å². The van der Waals surface area contributed by atoms with Crippen molar-refractivity contribution in [3.05, 3.63) is 0 Å². The summed E-state index contributed by atoms with van der Waals surface area (Å²) in [5.41, 5.74) is 0. The fraction of sp³-hybridized carbons (Fsp3) is 0.944. The molecule has 2 unspecified atom stereocenters. The summed E-state index contributed by atoms with van der Waals surface area (Å²) in [5, 5.41) is 3.28. The number of rotatable bonds is 32. The monoisotopic (exact) mass is 582 g/mol. The fourth-order valence-corrected chi connectivity index (χ4v) is 5.55. The molecule has 0 rings (SSSR count). The van der Waals surface area contributed by atoms with Gasteiger partial charge in [0, 0.05) is 13.1 Å². The molecule has 0 saturated heterocycles. The average Bonchev–Trinajstić information content (AvgIpc) is 2.97. The summed E-state index contributed by atoms with van der Waals surface area (Å²) in [6, 6.07) is 0. The first-order valence-electron chi connectivity index (χ1n) is 18.1. The lowest BCUT2D eigenvalue weighted by atomic mass is 9.94. The van der Waals surface area contributed by atoms with E-state index in [1.165, 1.54) is 103 Å². The minimum Gasteiger partial charge on any atom is -0.464 e. The Morgan fingerprint density at radius 2 is 0.707 bits per heavy atom. The maximum absolute atomic E-state index is 12.8. The summed E-state index contributed by atoms with van der Waals surface area (Å²) in [4.78, 5) is 25.6. The van der Waals surface area contributed by atoms with Gasteiger partial charge in [-0.1, -0.05) is 156 Å². The Labute approximate surface area is 256 Å². The Morgan fingerprint density at radius 1 is 0.439 bits per heavy atom. The van der Waals surface area contributed by atoms with Crippen LogP contribution in [0.5, 0.6) is 0 Å². The molecule has 0 aromatic heterocycles. The first kappa shape index (κ1) is 39.9. The first-order chi connectivity index (χ1) is 20.1. The third-order valence-corrected chi connectivity index (χ3v) is 8.34. The van der Waals surface area contributed by atoms with Gasteiger partial charge in [-0.25, -0.2) is 0 Å². The molecule has 0 aliphatic carbocycles. The molecule has 0 aliphatic heterocycles. The van der Waals surface area contributed by atoms with Crippen LogP contribution >= 0.6 is 0 Å². The van der Waals surface area contributed by atoms with Crippen molar-refractivity contribution in [2.24, 2.45) is 11.8 Å². The van der Waals surface area contributed by atoms with Crippen LogP contribution in [0.1, 0.15) is 182 Å². The molecule has 5 heteroatoms. The molecule has 0 aromatic carbocycles. The molecule has 41 heavy (non-hydrogen) atoms. The smallest absolute Gasteiger partial charge is 0.308 e. The van der Waals surface area contributed by atoms with Gasteiger partial charge in [-0.05, 0) is 25.7 Å². The molecule has 0 saturated carbocycles. The largest absolute Gasteiger partial charge is 0.464 e. The van der Waals surface area contributed by atoms with Gasteiger partial charge in [0.05, 0.1) is 11.8 Å². The maximum Gasteiger partial charge on any atom is 0.308 e. The van der Waals surface area contributed by atoms with E-state index >= 15 is 0 Å². The van der Waals surface area contributed by atoms with Crippen molar-refractivity contribution in [2.75, 3.05) is 26.3 Å². The molecule has 0 radical (unpaired) electrons. The molecule has 0 aliphatic rings. The lowest BCUT2D eigenvalue weighted by Crippen LogP contribution is -2.28. The number of esters is 2. The number of carbonyl (C=O) groups is 2. The Balaban J connectivity index is 4.26. The van der Waals surface area contributed by atoms with Crippen LogP contribution in [0.3, 0.4) is 0 Å². The van der Waals surface area contributed by atoms with Crippen LogP contribution in [0.2, 0.25) is 0 Å². The van der Waals surface area contributed by atoms with Crippen LogP contribution in [-0.2, 0) is 19.1 Å². The molecular weight excluding hydrogens is 510 g/mol. The first-order valence-corrected chi connectivity index (χ1v) is 18.1. The molecule has 0 spiro atoms. The summed E-state index contributed by atoms with van der Waals surface area (Å²) in [6.07, 6.45) is 28.4. The summed E-state index contributed by atoms with van der Waals surface area (Å²) >= 11 is 0. The highest BCUT2D eigenvalue weighted by molar-refractivity contribution is 5.72. The summed E-state index contributed by atoms with van der Waals surface area (Å²) in [5.74, 6) is 0.0348. The Morgan fingerprint density at radius 3 is 1.02 bits per heavy atom. The lowest BCUT2D eigenvalue weighted by Gasteiger charge is -2.17. The minimum absolute atomic E-state index is 0.0242. The molecule has 244 valence electrons. The molecule has 0 fully saturated rings. The zero-order valence-corrected chi connectivity index (χ0v) is 28.1. The second-order valence-electron chi connectivity index (χ2n) is 12.3. The molecule has 0 amide bonds. The molecular formula is C36H71NO4. The van der Waals surface area contributed by atoms with Crippen LogP contribution in [0.4, 0.5) is 0 Å². The van der Waals surface area contributed by atoms with E-state index in [1.54, 1.807) is 0 Å². The Hall–Kier alpha value is -1.10. The van der Waals surface area contributed by atoms with Crippen molar-refractivity contribution >= 4 is 11.9 Å². The van der Waals surface area contributed by atoms with E-state index in [9.17, 15) is 9.59 Å². The Kier molecular flexibility index (Phi) is 31.0. The van der Waals surface area contributed by atoms with Gasteiger partial charge < -0.3 is 14.8 Å². The number of ether oxygens (including phenoxy) is 2. The summed E-state index contributed by atoms with van der Waals surface area (Å²) in [6.45, 7) is 10.9. The second-order valence-corrected chi connectivity index (χ2v) is 12.3. The lowest BCUT2D eigenvalue weighted by molar-refractivity contribution is -0.149. The zero-order valence-electron chi connectivity index (χ0n) is 28.1. The second kappa shape index (κ2) is 31.8. The summed E-state index contributed by atoms with van der Waals surface area (Å²) < 4.78 is 11.3. The quantitative estimate of drug-likeness (QED) is 0.0632.